The van der Waals surface area contributed by atoms with Crippen molar-refractivity contribution in [3.8, 4) is 0 Å². The fourth-order valence-electron chi connectivity index (χ4n) is 4.19. The van der Waals surface area contributed by atoms with Crippen molar-refractivity contribution in [2.45, 2.75) is 57.5 Å². The molecule has 6 heteroatoms. The van der Waals surface area contributed by atoms with E-state index in [9.17, 15) is 19.8 Å². The highest BCUT2D eigenvalue weighted by atomic mass is 16.6. The van der Waals surface area contributed by atoms with Gasteiger partial charge in [-0.25, -0.2) is 4.79 Å². The van der Waals surface area contributed by atoms with Crippen LogP contribution in [0.5, 0.6) is 0 Å². The molecule has 0 radical (unpaired) electrons. The second-order valence-corrected chi connectivity index (χ2v) is 6.96. The smallest absolute Gasteiger partial charge is 0.334 e. The van der Waals surface area contributed by atoms with Crippen molar-refractivity contribution in [3.05, 3.63) is 23.3 Å². The fourth-order valence-corrected chi connectivity index (χ4v) is 4.19. The number of rotatable bonds is 1. The van der Waals surface area contributed by atoms with Gasteiger partial charge >= 0.3 is 11.9 Å². The van der Waals surface area contributed by atoms with Crippen molar-refractivity contribution >= 4 is 11.9 Å². The van der Waals surface area contributed by atoms with Crippen LogP contribution in [-0.4, -0.2) is 46.1 Å². The molecule has 1 unspecified atom stereocenters. The summed E-state index contributed by atoms with van der Waals surface area (Å²) in [6.45, 7) is 8.49. The normalized spacial score (nSPS) is 42.9. The first kappa shape index (κ1) is 16.2. The lowest BCUT2D eigenvalue weighted by molar-refractivity contribution is -0.167. The Kier molecular flexibility index (Phi) is 3.65. The van der Waals surface area contributed by atoms with Gasteiger partial charge in [0, 0.05) is 24.3 Å². The molecule has 1 aliphatic heterocycles. The molecule has 6 nitrogen and oxygen atoms in total. The van der Waals surface area contributed by atoms with Crippen molar-refractivity contribution < 1.29 is 29.3 Å². The second kappa shape index (κ2) is 5.18. The number of hydrogen-bond acceptors (Lipinski definition) is 6. The minimum atomic E-state index is -1.35. The molecular formula is C17H22O6. The molecule has 1 heterocycles. The van der Waals surface area contributed by atoms with Crippen LogP contribution in [-0.2, 0) is 19.1 Å². The van der Waals surface area contributed by atoms with Crippen molar-refractivity contribution in [3.63, 3.8) is 0 Å². The van der Waals surface area contributed by atoms with Crippen LogP contribution in [0.15, 0.2) is 23.3 Å². The second-order valence-electron chi connectivity index (χ2n) is 6.96. The van der Waals surface area contributed by atoms with Gasteiger partial charge in [-0.05, 0) is 37.8 Å². The van der Waals surface area contributed by atoms with E-state index in [0.29, 0.717) is 12.0 Å². The summed E-state index contributed by atoms with van der Waals surface area (Å²) in [7, 11) is 0. The van der Waals surface area contributed by atoms with Crippen LogP contribution < -0.4 is 0 Å². The number of aliphatic hydroxyl groups is 2. The molecular weight excluding hydrogens is 300 g/mol. The van der Waals surface area contributed by atoms with Gasteiger partial charge in [-0.1, -0.05) is 6.58 Å². The van der Waals surface area contributed by atoms with Gasteiger partial charge in [0.2, 0.25) is 0 Å². The van der Waals surface area contributed by atoms with E-state index in [0.717, 1.165) is 11.1 Å². The highest BCUT2D eigenvalue weighted by Gasteiger charge is 2.58. The van der Waals surface area contributed by atoms with E-state index >= 15 is 0 Å². The fraction of sp³-hybridized carbons (Fsp3) is 0.647. The van der Waals surface area contributed by atoms with E-state index in [1.54, 1.807) is 13.8 Å². The average molecular weight is 322 g/mol. The van der Waals surface area contributed by atoms with Crippen LogP contribution in [0, 0.1) is 11.8 Å². The summed E-state index contributed by atoms with van der Waals surface area (Å²) in [6.07, 6.45) is -1.46. The van der Waals surface area contributed by atoms with Gasteiger partial charge in [-0.15, -0.1) is 0 Å². The monoisotopic (exact) mass is 322 g/mol. The van der Waals surface area contributed by atoms with Crippen LogP contribution in [0.25, 0.3) is 0 Å². The third-order valence-corrected chi connectivity index (χ3v) is 5.54. The zero-order valence-corrected chi connectivity index (χ0v) is 13.5. The summed E-state index contributed by atoms with van der Waals surface area (Å²) in [5.41, 5.74) is 0.437. The van der Waals surface area contributed by atoms with Crippen LogP contribution in [0.4, 0.5) is 0 Å². The molecule has 3 rings (SSSR count). The van der Waals surface area contributed by atoms with E-state index in [4.69, 9.17) is 9.47 Å². The third kappa shape index (κ3) is 2.32. The molecule has 0 spiro atoms. The maximum atomic E-state index is 11.9. The number of ether oxygens (including phenoxy) is 2. The first-order valence-electron chi connectivity index (χ1n) is 7.82. The lowest BCUT2D eigenvalue weighted by Gasteiger charge is -2.36. The van der Waals surface area contributed by atoms with E-state index in [1.807, 2.05) is 0 Å². The Morgan fingerprint density at radius 2 is 2.09 bits per heavy atom. The van der Waals surface area contributed by atoms with Gasteiger partial charge in [0.15, 0.2) is 0 Å². The Hall–Kier alpha value is -1.66. The maximum Gasteiger partial charge on any atom is 0.334 e. The van der Waals surface area contributed by atoms with Crippen LogP contribution in [0.3, 0.4) is 0 Å². The molecule has 1 saturated carbocycles. The van der Waals surface area contributed by atoms with E-state index in [-0.39, 0.29) is 12.3 Å². The molecule has 2 N–H and O–H groups in total. The maximum absolute atomic E-state index is 11.9. The van der Waals surface area contributed by atoms with Crippen LogP contribution >= 0.6 is 0 Å². The summed E-state index contributed by atoms with van der Waals surface area (Å²) in [5.74, 6) is -1.76. The molecule has 1 saturated heterocycles. The van der Waals surface area contributed by atoms with Crippen molar-refractivity contribution in [1.82, 2.24) is 0 Å². The Labute approximate surface area is 134 Å². The number of carbonyl (C=O) groups is 2. The van der Waals surface area contributed by atoms with E-state index < -0.39 is 41.8 Å². The molecule has 23 heavy (non-hydrogen) atoms. The van der Waals surface area contributed by atoms with Crippen molar-refractivity contribution in [2.24, 2.45) is 11.8 Å². The van der Waals surface area contributed by atoms with E-state index in [1.165, 1.54) is 6.92 Å². The van der Waals surface area contributed by atoms with Crippen molar-refractivity contribution in [2.75, 3.05) is 0 Å². The zero-order valence-electron chi connectivity index (χ0n) is 13.5. The minimum absolute atomic E-state index is 0.269. The molecule has 2 aliphatic carbocycles. The molecule has 0 aromatic rings. The first-order valence-corrected chi connectivity index (χ1v) is 7.82. The van der Waals surface area contributed by atoms with Gasteiger partial charge in [0.1, 0.15) is 17.8 Å². The minimum Gasteiger partial charge on any atom is -0.459 e. The quantitative estimate of drug-likeness (QED) is 0.423. The van der Waals surface area contributed by atoms with Gasteiger partial charge in [-0.3, -0.25) is 4.79 Å². The third-order valence-electron chi connectivity index (χ3n) is 5.54. The topological polar surface area (TPSA) is 93.1 Å². The summed E-state index contributed by atoms with van der Waals surface area (Å²) >= 11 is 0. The highest BCUT2D eigenvalue weighted by molar-refractivity contribution is 5.91. The SMILES string of the molecule is C=C1C(=O)O[C@@H]2C3=C(C)[C@H](O)CC3[C@](C)(O)[C@H](OC(C)=O)C[C@@H]12. The number of hydrogen-bond donors (Lipinski definition) is 2. The molecule has 0 bridgehead atoms. The number of carbonyl (C=O) groups excluding carboxylic acids is 2. The standard InChI is InChI=1S/C17H22O6/c1-7-10-5-13(22-9(3)18)17(4,21)11-6-12(19)8(2)14(11)15(10)23-16(7)20/h10-13,15,19,21H,1,5-6H2,2-4H3/t10-,11?,12+,13+,15-,17-/m0/s1. The summed E-state index contributed by atoms with van der Waals surface area (Å²) in [4.78, 5) is 23.4. The molecule has 0 aromatic carbocycles. The highest BCUT2D eigenvalue weighted by Crippen LogP contribution is 2.52. The van der Waals surface area contributed by atoms with Gasteiger partial charge in [-0.2, -0.15) is 0 Å². The molecule has 126 valence electrons. The summed E-state index contributed by atoms with van der Waals surface area (Å²) < 4.78 is 10.8. The molecule has 0 amide bonds. The van der Waals surface area contributed by atoms with Gasteiger partial charge < -0.3 is 19.7 Å². The molecule has 0 aromatic heterocycles. The van der Waals surface area contributed by atoms with E-state index in [2.05, 4.69) is 6.58 Å². The Morgan fingerprint density at radius 3 is 2.70 bits per heavy atom. The van der Waals surface area contributed by atoms with Gasteiger partial charge in [0.25, 0.3) is 0 Å². The predicted molar refractivity (Wildman–Crippen MR) is 80.1 cm³/mol. The summed E-state index contributed by atoms with van der Waals surface area (Å²) in [5, 5.41) is 21.3. The number of aliphatic hydroxyl groups excluding tert-OH is 1. The molecule has 6 atom stereocenters. The molecule has 3 aliphatic rings. The lowest BCUT2D eigenvalue weighted by atomic mass is 9.80. The summed E-state index contributed by atoms with van der Waals surface area (Å²) in [6, 6.07) is 0. The van der Waals surface area contributed by atoms with Gasteiger partial charge in [0.05, 0.1) is 6.10 Å². The first-order chi connectivity index (χ1) is 10.6. The lowest BCUT2D eigenvalue weighted by Crippen LogP contribution is -2.48. The largest absolute Gasteiger partial charge is 0.459 e. The Morgan fingerprint density at radius 1 is 1.43 bits per heavy atom. The average Bonchev–Trinajstić information content (AvgIpc) is 2.86. The predicted octanol–water partition coefficient (Wildman–Crippen LogP) is 0.868. The van der Waals surface area contributed by atoms with Crippen molar-refractivity contribution in [1.29, 1.82) is 0 Å². The zero-order chi connectivity index (χ0) is 17.1. The Balaban J connectivity index is 2.11. The van der Waals surface area contributed by atoms with Crippen LogP contribution in [0.2, 0.25) is 0 Å². The molecule has 2 fully saturated rings. The van der Waals surface area contributed by atoms with Crippen LogP contribution in [0.1, 0.15) is 33.6 Å². The number of fused-ring (bicyclic) bond motifs is 3. The Bertz CT molecular complexity index is 617. The number of esters is 2.